The maximum Gasteiger partial charge on any atom is 0.253 e. The Morgan fingerprint density at radius 1 is 0.976 bits per heavy atom. The molecule has 42 heavy (non-hydrogen) atoms. The molecule has 3 atom stereocenters. The lowest BCUT2D eigenvalue weighted by atomic mass is 9.83. The van der Waals surface area contributed by atoms with Crippen molar-refractivity contribution >= 4 is 23.6 Å². The number of benzene rings is 1. The van der Waals surface area contributed by atoms with Gasteiger partial charge in [-0.05, 0) is 50.7 Å². The number of fused-ring (bicyclic) bond motifs is 1. The number of hydrogen-bond donors (Lipinski definition) is 3. The molecule has 0 unspecified atom stereocenters. The van der Waals surface area contributed by atoms with E-state index in [4.69, 9.17) is 0 Å². The molecule has 9 nitrogen and oxygen atoms in total. The van der Waals surface area contributed by atoms with E-state index in [0.717, 1.165) is 0 Å². The molecular formula is C30H40F3N5O4. The van der Waals surface area contributed by atoms with Crippen molar-refractivity contribution in [1.82, 2.24) is 25.8 Å². The molecule has 1 aromatic rings. The van der Waals surface area contributed by atoms with Crippen molar-refractivity contribution in [2.45, 2.75) is 100.0 Å². The number of nitrogens with one attached hydrogen (secondary N) is 3. The number of piperidine rings is 1. The van der Waals surface area contributed by atoms with Crippen LogP contribution in [0.4, 0.5) is 13.2 Å². The third-order valence-corrected chi connectivity index (χ3v) is 9.20. The molecule has 4 aliphatic rings. The summed E-state index contributed by atoms with van der Waals surface area (Å²) in [5, 5.41) is 9.13. The molecule has 3 aliphatic heterocycles. The summed E-state index contributed by atoms with van der Waals surface area (Å²) in [4.78, 5) is 56.5. The second-order valence-corrected chi connectivity index (χ2v) is 12.3. The molecule has 1 spiro atoms. The number of carbonyl (C=O) groups is 4. The first-order valence-electron chi connectivity index (χ1n) is 15.1. The van der Waals surface area contributed by atoms with Gasteiger partial charge in [0.25, 0.3) is 5.91 Å². The summed E-state index contributed by atoms with van der Waals surface area (Å²) in [6.45, 7) is 0.728. The first kappa shape index (κ1) is 30.3. The molecule has 3 N–H and O–H groups in total. The van der Waals surface area contributed by atoms with Crippen LogP contribution in [-0.2, 0) is 14.4 Å². The summed E-state index contributed by atoms with van der Waals surface area (Å²) in [7, 11) is 0. The van der Waals surface area contributed by atoms with E-state index in [1.165, 1.54) is 4.90 Å². The summed E-state index contributed by atoms with van der Waals surface area (Å²) in [5.74, 6) is -4.03. The van der Waals surface area contributed by atoms with Crippen molar-refractivity contribution in [3.63, 3.8) is 0 Å². The minimum atomic E-state index is -2.71. The minimum Gasteiger partial charge on any atom is -0.356 e. The van der Waals surface area contributed by atoms with Crippen molar-refractivity contribution in [2.24, 2.45) is 0 Å². The highest BCUT2D eigenvalue weighted by atomic mass is 19.3. The summed E-state index contributed by atoms with van der Waals surface area (Å²) >= 11 is 0. The van der Waals surface area contributed by atoms with Gasteiger partial charge >= 0.3 is 0 Å². The van der Waals surface area contributed by atoms with Crippen molar-refractivity contribution in [3.05, 3.63) is 35.9 Å². The van der Waals surface area contributed by atoms with E-state index in [0.29, 0.717) is 50.9 Å². The maximum absolute atomic E-state index is 14.7. The standard InChI is InChI=1S/C30H40F3N5O4/c31-21-17-24-26(40)36-29(12-15-37(16-13-29)27(41)20-5-2-1-3-6-20)18-25(39)34-14-4-7-23(28(42)38(24)19-21)35-22-8-10-30(32,33)11-9-22/h1-3,5-6,21-24,35H,4,7-19H2,(H,34,39)(H,36,40)/t21-,23-,24-/m0/s1. The van der Waals surface area contributed by atoms with Crippen LogP contribution in [0.1, 0.15) is 74.6 Å². The van der Waals surface area contributed by atoms with E-state index < -0.39 is 41.5 Å². The molecule has 230 valence electrons. The zero-order valence-electron chi connectivity index (χ0n) is 23.8. The first-order chi connectivity index (χ1) is 20.0. The van der Waals surface area contributed by atoms with Gasteiger partial charge in [-0.2, -0.15) is 0 Å². The number of carbonyl (C=O) groups excluding carboxylic acids is 4. The second kappa shape index (κ2) is 12.6. The van der Waals surface area contributed by atoms with Gasteiger partial charge in [-0.1, -0.05) is 18.2 Å². The predicted octanol–water partition coefficient (Wildman–Crippen LogP) is 2.55. The van der Waals surface area contributed by atoms with Gasteiger partial charge < -0.3 is 25.8 Å². The van der Waals surface area contributed by atoms with Crippen LogP contribution in [0, 0.1) is 0 Å². The first-order valence-corrected chi connectivity index (χ1v) is 15.1. The topological polar surface area (TPSA) is 111 Å². The summed E-state index contributed by atoms with van der Waals surface area (Å²) in [5.41, 5.74) is -0.388. The number of alkyl halides is 3. The summed E-state index contributed by atoms with van der Waals surface area (Å²) in [6, 6.07) is 6.79. The van der Waals surface area contributed by atoms with Crippen LogP contribution in [0.2, 0.25) is 0 Å². The highest BCUT2D eigenvalue weighted by molar-refractivity contribution is 5.94. The number of amides is 4. The van der Waals surface area contributed by atoms with Gasteiger partial charge in [0.1, 0.15) is 12.2 Å². The molecule has 1 aromatic carbocycles. The van der Waals surface area contributed by atoms with Crippen LogP contribution in [0.5, 0.6) is 0 Å². The summed E-state index contributed by atoms with van der Waals surface area (Å²) in [6.07, 6.45) is -0.189. The lowest BCUT2D eigenvalue weighted by Gasteiger charge is -2.43. The number of nitrogens with zero attached hydrogens (tertiary/aromatic N) is 2. The summed E-state index contributed by atoms with van der Waals surface area (Å²) < 4.78 is 42.2. The molecule has 1 saturated carbocycles. The smallest absolute Gasteiger partial charge is 0.253 e. The quantitative estimate of drug-likeness (QED) is 0.501. The number of likely N-dealkylation sites (tertiary alicyclic amines) is 1. The average molecular weight is 592 g/mol. The number of hydrogen-bond acceptors (Lipinski definition) is 5. The Hall–Kier alpha value is -3.15. The maximum atomic E-state index is 14.7. The molecule has 3 saturated heterocycles. The molecule has 4 amide bonds. The largest absolute Gasteiger partial charge is 0.356 e. The molecule has 5 rings (SSSR count). The molecule has 12 heteroatoms. The van der Waals surface area contributed by atoms with Gasteiger partial charge in [0.2, 0.25) is 23.6 Å². The van der Waals surface area contributed by atoms with E-state index in [2.05, 4.69) is 16.0 Å². The average Bonchev–Trinajstić information content (AvgIpc) is 3.37. The Labute approximate surface area is 243 Å². The molecular weight excluding hydrogens is 551 g/mol. The van der Waals surface area contributed by atoms with E-state index in [9.17, 15) is 32.3 Å². The fraction of sp³-hybridized carbons (Fsp3) is 0.667. The zero-order chi connectivity index (χ0) is 29.9. The van der Waals surface area contributed by atoms with Crippen molar-refractivity contribution in [2.75, 3.05) is 26.2 Å². The minimum absolute atomic E-state index is 0.00376. The van der Waals surface area contributed by atoms with E-state index in [1.807, 2.05) is 6.07 Å². The number of halogens is 3. The Bertz CT molecular complexity index is 1150. The normalized spacial score (nSPS) is 29.1. The zero-order valence-corrected chi connectivity index (χ0v) is 23.8. The van der Waals surface area contributed by atoms with E-state index in [1.54, 1.807) is 29.2 Å². The van der Waals surface area contributed by atoms with Crippen LogP contribution in [0.25, 0.3) is 0 Å². The highest BCUT2D eigenvalue weighted by Gasteiger charge is 2.46. The fourth-order valence-electron chi connectivity index (χ4n) is 6.74. The van der Waals surface area contributed by atoms with Crippen molar-refractivity contribution < 1.29 is 32.3 Å². The fourth-order valence-corrected chi connectivity index (χ4v) is 6.74. The predicted molar refractivity (Wildman–Crippen MR) is 148 cm³/mol. The number of rotatable bonds is 3. The molecule has 0 radical (unpaired) electrons. The van der Waals surface area contributed by atoms with Crippen LogP contribution in [0.15, 0.2) is 30.3 Å². The Balaban J connectivity index is 1.31. The van der Waals surface area contributed by atoms with Crippen LogP contribution < -0.4 is 16.0 Å². The van der Waals surface area contributed by atoms with Gasteiger partial charge in [0.15, 0.2) is 0 Å². The monoisotopic (exact) mass is 591 g/mol. The molecule has 0 bridgehead atoms. The third kappa shape index (κ3) is 7.07. The molecule has 3 heterocycles. The molecule has 1 aliphatic carbocycles. The lowest BCUT2D eigenvalue weighted by molar-refractivity contribution is -0.141. The van der Waals surface area contributed by atoms with Gasteiger partial charge in [-0.15, -0.1) is 0 Å². The van der Waals surface area contributed by atoms with Gasteiger partial charge in [0, 0.05) is 56.9 Å². The Kier molecular flexibility index (Phi) is 9.10. The van der Waals surface area contributed by atoms with Crippen molar-refractivity contribution in [3.8, 4) is 0 Å². The van der Waals surface area contributed by atoms with Crippen molar-refractivity contribution in [1.29, 1.82) is 0 Å². The molecule has 4 fully saturated rings. The highest BCUT2D eigenvalue weighted by Crippen LogP contribution is 2.34. The Morgan fingerprint density at radius 2 is 1.67 bits per heavy atom. The SMILES string of the molecule is O=C1CC2(CCN(C(=O)c3ccccc3)CC2)NC(=O)[C@@H]2C[C@H](F)CN2C(=O)[C@@H](NC2CCC(F)(F)CC2)CCCN1. The van der Waals surface area contributed by atoms with Crippen LogP contribution in [0.3, 0.4) is 0 Å². The Morgan fingerprint density at radius 3 is 2.36 bits per heavy atom. The van der Waals surface area contributed by atoms with Gasteiger partial charge in [-0.25, -0.2) is 13.2 Å². The molecule has 0 aromatic heterocycles. The van der Waals surface area contributed by atoms with E-state index >= 15 is 0 Å². The lowest BCUT2D eigenvalue weighted by Crippen LogP contribution is -2.61. The van der Waals surface area contributed by atoms with Gasteiger partial charge in [-0.3, -0.25) is 19.2 Å². The third-order valence-electron chi connectivity index (χ3n) is 9.20. The van der Waals surface area contributed by atoms with E-state index in [-0.39, 0.29) is 62.9 Å². The second-order valence-electron chi connectivity index (χ2n) is 12.3. The van der Waals surface area contributed by atoms with Crippen LogP contribution in [-0.4, -0.2) is 95.4 Å². The van der Waals surface area contributed by atoms with Crippen LogP contribution >= 0.6 is 0 Å². The van der Waals surface area contributed by atoms with Gasteiger partial charge in [0.05, 0.1) is 18.1 Å².